The third-order valence-electron chi connectivity index (χ3n) is 3.73. The number of benzene rings is 1. The van der Waals surface area contributed by atoms with Crippen LogP contribution >= 0.6 is 0 Å². The molecular weight excluding hydrogens is 284 g/mol. The Bertz CT molecular complexity index is 819. The largest absolute Gasteiger partial charge is 0.504 e. The zero-order valence-corrected chi connectivity index (χ0v) is 12.5. The molecule has 6 nitrogen and oxygen atoms in total. The Morgan fingerprint density at radius 2 is 1.91 bits per heavy atom. The summed E-state index contributed by atoms with van der Waals surface area (Å²) < 4.78 is 1.84. The number of pyridine rings is 1. The van der Waals surface area contributed by atoms with Crippen LogP contribution in [0.4, 0.5) is 0 Å². The highest BCUT2D eigenvalue weighted by Crippen LogP contribution is 2.38. The summed E-state index contributed by atoms with van der Waals surface area (Å²) >= 11 is 0. The highest BCUT2D eigenvalue weighted by atomic mass is 16.3. The van der Waals surface area contributed by atoms with E-state index in [1.54, 1.807) is 6.20 Å². The van der Waals surface area contributed by atoms with Gasteiger partial charge in [-0.2, -0.15) is 0 Å². The number of hydrogen-bond donors (Lipinski definition) is 3. The first-order valence-corrected chi connectivity index (χ1v) is 7.30. The number of phenolic OH excluding ortho intramolecular Hbond substituents is 2. The Balaban J connectivity index is 2.26. The third-order valence-corrected chi connectivity index (χ3v) is 3.73. The Hall–Kier alpha value is -2.50. The summed E-state index contributed by atoms with van der Waals surface area (Å²) in [6.07, 6.45) is 3.48. The standard InChI is InChI=1S/C16H18N2O4/c1-8(2)17-16(22)11-7-18(9-3-4-9)12-6-14(20)13(19)5-10(12)15(11)21/h5-9,19-20H,3-4H2,1-2H3,(H,17,22). The third kappa shape index (κ3) is 2.41. The van der Waals surface area contributed by atoms with Gasteiger partial charge in [0, 0.05) is 24.3 Å². The van der Waals surface area contributed by atoms with E-state index in [9.17, 15) is 19.8 Å². The van der Waals surface area contributed by atoms with Gasteiger partial charge in [0.15, 0.2) is 11.5 Å². The Morgan fingerprint density at radius 3 is 2.50 bits per heavy atom. The second-order valence-electron chi connectivity index (χ2n) is 6.00. The van der Waals surface area contributed by atoms with Crippen LogP contribution in [0.5, 0.6) is 11.5 Å². The molecule has 2 aromatic rings. The van der Waals surface area contributed by atoms with E-state index in [0.717, 1.165) is 12.8 Å². The minimum Gasteiger partial charge on any atom is -0.504 e. The maximum atomic E-state index is 12.5. The molecule has 3 N–H and O–H groups in total. The van der Waals surface area contributed by atoms with E-state index in [1.807, 2.05) is 18.4 Å². The molecule has 0 saturated heterocycles. The lowest BCUT2D eigenvalue weighted by Gasteiger charge is -2.14. The molecule has 1 fully saturated rings. The van der Waals surface area contributed by atoms with E-state index in [1.165, 1.54) is 12.1 Å². The van der Waals surface area contributed by atoms with Crippen LogP contribution in [-0.4, -0.2) is 26.7 Å². The van der Waals surface area contributed by atoms with Crippen molar-refractivity contribution in [2.24, 2.45) is 0 Å². The van der Waals surface area contributed by atoms with Gasteiger partial charge in [0.25, 0.3) is 5.91 Å². The molecule has 1 aliphatic carbocycles. The lowest BCUT2D eigenvalue weighted by atomic mass is 10.1. The molecule has 1 aromatic carbocycles. The number of nitrogens with zero attached hydrogens (tertiary/aromatic N) is 1. The van der Waals surface area contributed by atoms with Crippen LogP contribution in [0, 0.1) is 0 Å². The van der Waals surface area contributed by atoms with Crippen molar-refractivity contribution >= 4 is 16.8 Å². The van der Waals surface area contributed by atoms with E-state index in [2.05, 4.69) is 5.32 Å². The first-order valence-electron chi connectivity index (χ1n) is 7.30. The van der Waals surface area contributed by atoms with Gasteiger partial charge in [-0.1, -0.05) is 0 Å². The fourth-order valence-electron chi connectivity index (χ4n) is 2.53. The van der Waals surface area contributed by atoms with Gasteiger partial charge in [-0.05, 0) is 32.8 Å². The van der Waals surface area contributed by atoms with E-state index in [4.69, 9.17) is 0 Å². The Kier molecular flexibility index (Phi) is 3.31. The van der Waals surface area contributed by atoms with Crippen LogP contribution in [0.25, 0.3) is 10.9 Å². The summed E-state index contributed by atoms with van der Waals surface area (Å²) in [6, 6.07) is 2.73. The highest BCUT2D eigenvalue weighted by molar-refractivity contribution is 5.98. The van der Waals surface area contributed by atoms with Crippen molar-refractivity contribution in [3.8, 4) is 11.5 Å². The summed E-state index contributed by atoms with van der Waals surface area (Å²) in [5.74, 6) is -1.07. The monoisotopic (exact) mass is 302 g/mol. The number of amides is 1. The van der Waals surface area contributed by atoms with Gasteiger partial charge in [-0.15, -0.1) is 0 Å². The second kappa shape index (κ2) is 5.05. The summed E-state index contributed by atoms with van der Waals surface area (Å²) in [4.78, 5) is 24.8. The highest BCUT2D eigenvalue weighted by Gasteiger charge is 2.27. The van der Waals surface area contributed by atoms with Gasteiger partial charge >= 0.3 is 0 Å². The van der Waals surface area contributed by atoms with Crippen molar-refractivity contribution in [2.75, 3.05) is 0 Å². The zero-order chi connectivity index (χ0) is 16.0. The van der Waals surface area contributed by atoms with Gasteiger partial charge in [-0.25, -0.2) is 0 Å². The van der Waals surface area contributed by atoms with Gasteiger partial charge < -0.3 is 20.1 Å². The summed E-state index contributed by atoms with van der Waals surface area (Å²) in [5, 5.41) is 22.3. The molecular formula is C16H18N2O4. The van der Waals surface area contributed by atoms with Gasteiger partial charge in [0.1, 0.15) is 5.56 Å². The van der Waals surface area contributed by atoms with Gasteiger partial charge in [0.05, 0.1) is 10.9 Å². The van der Waals surface area contributed by atoms with Crippen molar-refractivity contribution in [3.05, 3.63) is 34.1 Å². The van der Waals surface area contributed by atoms with Gasteiger partial charge in [-0.3, -0.25) is 9.59 Å². The smallest absolute Gasteiger partial charge is 0.256 e. The number of nitrogens with one attached hydrogen (secondary N) is 1. The number of aromatic nitrogens is 1. The molecule has 116 valence electrons. The number of hydrogen-bond acceptors (Lipinski definition) is 4. The molecule has 1 heterocycles. The van der Waals surface area contributed by atoms with Crippen molar-refractivity contribution in [2.45, 2.75) is 38.8 Å². The van der Waals surface area contributed by atoms with Crippen molar-refractivity contribution in [1.82, 2.24) is 9.88 Å². The van der Waals surface area contributed by atoms with Crippen LogP contribution in [0.15, 0.2) is 23.1 Å². The number of aromatic hydroxyl groups is 2. The average Bonchev–Trinajstić information content (AvgIpc) is 3.25. The fourth-order valence-corrected chi connectivity index (χ4v) is 2.53. The molecule has 1 aliphatic rings. The SMILES string of the molecule is CC(C)NC(=O)c1cn(C2CC2)c2cc(O)c(O)cc2c1=O. The topological polar surface area (TPSA) is 91.6 Å². The van der Waals surface area contributed by atoms with Crippen molar-refractivity contribution in [1.29, 1.82) is 0 Å². The molecule has 1 saturated carbocycles. The maximum absolute atomic E-state index is 12.5. The van der Waals surface area contributed by atoms with Crippen molar-refractivity contribution < 1.29 is 15.0 Å². The predicted molar refractivity (Wildman–Crippen MR) is 82.4 cm³/mol. The lowest BCUT2D eigenvalue weighted by molar-refractivity contribution is 0.0941. The summed E-state index contributed by atoms with van der Waals surface area (Å²) in [5.41, 5.74) is 0.141. The molecule has 0 aliphatic heterocycles. The van der Waals surface area contributed by atoms with E-state index in [-0.39, 0.29) is 34.5 Å². The first kappa shape index (κ1) is 14.4. The number of rotatable bonds is 3. The molecule has 0 bridgehead atoms. The van der Waals surface area contributed by atoms with Crippen LogP contribution in [-0.2, 0) is 0 Å². The van der Waals surface area contributed by atoms with Crippen LogP contribution in [0.1, 0.15) is 43.1 Å². The summed E-state index contributed by atoms with van der Waals surface area (Å²) in [7, 11) is 0. The van der Waals surface area contributed by atoms with Crippen molar-refractivity contribution in [3.63, 3.8) is 0 Å². The molecule has 22 heavy (non-hydrogen) atoms. The molecule has 1 amide bonds. The first-order chi connectivity index (χ1) is 10.4. The molecule has 0 unspecified atom stereocenters. The molecule has 1 aromatic heterocycles. The van der Waals surface area contributed by atoms with Crippen LogP contribution in [0.2, 0.25) is 0 Å². The average molecular weight is 302 g/mol. The Morgan fingerprint density at radius 1 is 1.27 bits per heavy atom. The summed E-state index contributed by atoms with van der Waals surface area (Å²) in [6.45, 7) is 3.64. The van der Waals surface area contributed by atoms with Crippen LogP contribution in [0.3, 0.4) is 0 Å². The molecule has 3 rings (SSSR count). The number of carbonyl (C=O) groups is 1. The number of fused-ring (bicyclic) bond motifs is 1. The molecule has 0 atom stereocenters. The zero-order valence-electron chi connectivity index (χ0n) is 12.5. The fraction of sp³-hybridized carbons (Fsp3) is 0.375. The molecule has 0 spiro atoms. The number of phenols is 2. The van der Waals surface area contributed by atoms with E-state index < -0.39 is 11.3 Å². The normalized spacial score (nSPS) is 14.5. The molecule has 6 heteroatoms. The van der Waals surface area contributed by atoms with E-state index >= 15 is 0 Å². The molecule has 0 radical (unpaired) electrons. The minimum absolute atomic E-state index is 0.0539. The minimum atomic E-state index is -0.444. The maximum Gasteiger partial charge on any atom is 0.256 e. The Labute approximate surface area is 127 Å². The van der Waals surface area contributed by atoms with E-state index in [0.29, 0.717) is 5.52 Å². The number of carbonyl (C=O) groups excluding carboxylic acids is 1. The quantitative estimate of drug-likeness (QED) is 0.755. The van der Waals surface area contributed by atoms with Crippen LogP contribution < -0.4 is 10.7 Å². The predicted octanol–water partition coefficient (Wildman–Crippen LogP) is 1.89. The second-order valence-corrected chi connectivity index (χ2v) is 6.00. The van der Waals surface area contributed by atoms with Gasteiger partial charge in [0.2, 0.25) is 5.43 Å². The lowest BCUT2D eigenvalue weighted by Crippen LogP contribution is -2.34.